The fourth-order valence-electron chi connectivity index (χ4n) is 1.11. The maximum Gasteiger partial charge on any atom is 0.446 e. The summed E-state index contributed by atoms with van der Waals surface area (Å²) in [5, 5.41) is 0. The second kappa shape index (κ2) is 4.88. The molecule has 0 saturated carbocycles. The molecule has 0 radical (unpaired) electrons. The van der Waals surface area contributed by atoms with Gasteiger partial charge in [0.25, 0.3) is 0 Å². The molecule has 1 rings (SSSR count). The fraction of sp³-hybridized carbons (Fsp3) is 0.300. The largest absolute Gasteiger partial charge is 0.446 e. The van der Waals surface area contributed by atoms with Crippen LogP contribution in [0.25, 0.3) is 0 Å². The van der Waals surface area contributed by atoms with Gasteiger partial charge in [-0.2, -0.15) is 13.2 Å². The molecule has 0 spiro atoms. The summed E-state index contributed by atoms with van der Waals surface area (Å²) < 4.78 is 36.0. The molecule has 1 unspecified atom stereocenters. The quantitative estimate of drug-likeness (QED) is 0.837. The third-order valence-electron chi connectivity index (χ3n) is 1.91. The summed E-state index contributed by atoms with van der Waals surface area (Å²) in [4.78, 5) is 11.0. The molecular formula is C10H10F3NOS. The molecule has 2 N–H and O–H groups in total. The van der Waals surface area contributed by atoms with Gasteiger partial charge in [0.15, 0.2) is 5.78 Å². The molecule has 6 heteroatoms. The van der Waals surface area contributed by atoms with Crippen LogP contribution in [0.15, 0.2) is 29.2 Å². The van der Waals surface area contributed by atoms with Gasteiger partial charge in [-0.3, -0.25) is 4.79 Å². The zero-order chi connectivity index (χ0) is 12.3. The monoisotopic (exact) mass is 249 g/mol. The van der Waals surface area contributed by atoms with Gasteiger partial charge in [-0.15, -0.1) is 0 Å². The van der Waals surface area contributed by atoms with Gasteiger partial charge in [-0.05, 0) is 36.4 Å². The lowest BCUT2D eigenvalue weighted by Gasteiger charge is -2.09. The van der Waals surface area contributed by atoms with E-state index in [0.717, 1.165) is 0 Å². The minimum atomic E-state index is -4.30. The van der Waals surface area contributed by atoms with E-state index in [4.69, 9.17) is 5.73 Å². The van der Waals surface area contributed by atoms with E-state index in [1.807, 2.05) is 0 Å². The van der Waals surface area contributed by atoms with Crippen molar-refractivity contribution in [1.82, 2.24) is 0 Å². The van der Waals surface area contributed by atoms with E-state index in [2.05, 4.69) is 0 Å². The second-order valence-electron chi connectivity index (χ2n) is 3.21. The number of Topliss-reactive ketones (excluding diaryl/α,β-unsaturated/α-hetero) is 1. The Morgan fingerprint density at radius 2 is 1.81 bits per heavy atom. The molecule has 88 valence electrons. The Hall–Kier alpha value is -1.01. The number of halogens is 3. The van der Waals surface area contributed by atoms with E-state index in [1.54, 1.807) is 0 Å². The Labute approximate surface area is 95.0 Å². The SMILES string of the molecule is CC(=O)C(N)c1ccc(SC(F)(F)F)cc1. The van der Waals surface area contributed by atoms with Crippen molar-refractivity contribution in [2.75, 3.05) is 0 Å². The topological polar surface area (TPSA) is 43.1 Å². The number of carbonyl (C=O) groups is 1. The summed E-state index contributed by atoms with van der Waals surface area (Å²) in [6.07, 6.45) is 0. The number of nitrogens with two attached hydrogens (primary N) is 1. The molecule has 0 aromatic heterocycles. The van der Waals surface area contributed by atoms with Gasteiger partial charge in [0.1, 0.15) is 0 Å². The summed E-state index contributed by atoms with van der Waals surface area (Å²) in [5.41, 5.74) is 1.75. The van der Waals surface area contributed by atoms with Crippen molar-refractivity contribution in [3.8, 4) is 0 Å². The van der Waals surface area contributed by atoms with Crippen LogP contribution in [0, 0.1) is 0 Å². The van der Waals surface area contributed by atoms with Crippen LogP contribution in [-0.4, -0.2) is 11.3 Å². The van der Waals surface area contributed by atoms with E-state index in [1.165, 1.54) is 31.2 Å². The first-order valence-electron chi connectivity index (χ1n) is 4.41. The molecule has 0 heterocycles. The zero-order valence-corrected chi connectivity index (χ0v) is 9.23. The van der Waals surface area contributed by atoms with Crippen molar-refractivity contribution in [2.45, 2.75) is 23.4 Å². The van der Waals surface area contributed by atoms with Gasteiger partial charge in [0, 0.05) is 4.90 Å². The van der Waals surface area contributed by atoms with Crippen LogP contribution in [0.1, 0.15) is 18.5 Å². The van der Waals surface area contributed by atoms with Crippen LogP contribution in [0.4, 0.5) is 13.2 Å². The van der Waals surface area contributed by atoms with Gasteiger partial charge >= 0.3 is 5.51 Å². The Morgan fingerprint density at radius 1 is 1.31 bits per heavy atom. The lowest BCUT2D eigenvalue weighted by Crippen LogP contribution is -2.18. The van der Waals surface area contributed by atoms with Gasteiger partial charge < -0.3 is 5.73 Å². The van der Waals surface area contributed by atoms with E-state index >= 15 is 0 Å². The van der Waals surface area contributed by atoms with Crippen molar-refractivity contribution >= 4 is 17.5 Å². The van der Waals surface area contributed by atoms with E-state index in [-0.39, 0.29) is 22.4 Å². The average molecular weight is 249 g/mol. The number of alkyl halides is 3. The molecule has 0 aliphatic carbocycles. The lowest BCUT2D eigenvalue weighted by molar-refractivity contribution is -0.118. The summed E-state index contributed by atoms with van der Waals surface area (Å²) in [6.45, 7) is 1.34. The zero-order valence-electron chi connectivity index (χ0n) is 8.41. The number of rotatable bonds is 3. The average Bonchev–Trinajstić information content (AvgIpc) is 2.15. The van der Waals surface area contributed by atoms with Gasteiger partial charge in [0.2, 0.25) is 0 Å². The number of thioether (sulfide) groups is 1. The molecule has 0 bridgehead atoms. The highest BCUT2D eigenvalue weighted by Crippen LogP contribution is 2.36. The van der Waals surface area contributed by atoms with Gasteiger partial charge in [-0.1, -0.05) is 12.1 Å². The van der Waals surface area contributed by atoms with Crippen LogP contribution in [0.3, 0.4) is 0 Å². The van der Waals surface area contributed by atoms with Crippen LogP contribution in [0.5, 0.6) is 0 Å². The highest BCUT2D eigenvalue weighted by Gasteiger charge is 2.29. The Bertz CT molecular complexity index is 375. The van der Waals surface area contributed by atoms with Crippen molar-refractivity contribution in [3.05, 3.63) is 29.8 Å². The number of hydrogen-bond acceptors (Lipinski definition) is 3. The minimum absolute atomic E-state index is 0.0759. The molecule has 0 fully saturated rings. The number of ketones is 1. The normalized spacial score (nSPS) is 13.6. The third kappa shape index (κ3) is 3.86. The smallest absolute Gasteiger partial charge is 0.318 e. The first kappa shape index (κ1) is 13.1. The summed E-state index contributed by atoms with van der Waals surface area (Å²) in [7, 11) is 0. The first-order valence-corrected chi connectivity index (χ1v) is 5.23. The van der Waals surface area contributed by atoms with Gasteiger partial charge in [0.05, 0.1) is 6.04 Å². The molecule has 0 aliphatic heterocycles. The molecule has 1 atom stereocenters. The lowest BCUT2D eigenvalue weighted by atomic mass is 10.1. The molecule has 0 saturated heterocycles. The standard InChI is InChI=1S/C10H10F3NOS/c1-6(15)9(14)7-2-4-8(5-3-7)16-10(11,12)13/h2-5,9H,14H2,1H3. The fourth-order valence-corrected chi connectivity index (χ4v) is 1.65. The highest BCUT2D eigenvalue weighted by atomic mass is 32.2. The molecule has 0 amide bonds. The van der Waals surface area contributed by atoms with Crippen LogP contribution < -0.4 is 5.73 Å². The predicted molar refractivity (Wildman–Crippen MR) is 56.0 cm³/mol. The Morgan fingerprint density at radius 3 is 2.19 bits per heavy atom. The third-order valence-corrected chi connectivity index (χ3v) is 2.65. The second-order valence-corrected chi connectivity index (χ2v) is 4.34. The molecule has 1 aromatic carbocycles. The maximum atomic E-state index is 12.0. The number of hydrogen-bond donors (Lipinski definition) is 1. The first-order chi connectivity index (χ1) is 7.29. The molecule has 16 heavy (non-hydrogen) atoms. The molecular weight excluding hydrogens is 239 g/mol. The minimum Gasteiger partial charge on any atom is -0.318 e. The summed E-state index contributed by atoms with van der Waals surface area (Å²) in [6, 6.07) is 4.69. The van der Waals surface area contributed by atoms with E-state index in [9.17, 15) is 18.0 Å². The van der Waals surface area contributed by atoms with Crippen LogP contribution >= 0.6 is 11.8 Å². The van der Waals surface area contributed by atoms with Crippen molar-refractivity contribution < 1.29 is 18.0 Å². The molecule has 2 nitrogen and oxygen atoms in total. The van der Waals surface area contributed by atoms with Crippen molar-refractivity contribution in [1.29, 1.82) is 0 Å². The number of carbonyl (C=O) groups excluding carboxylic acids is 1. The number of benzene rings is 1. The Kier molecular flexibility index (Phi) is 3.98. The van der Waals surface area contributed by atoms with Crippen molar-refractivity contribution in [2.24, 2.45) is 5.73 Å². The highest BCUT2D eigenvalue weighted by molar-refractivity contribution is 8.00. The van der Waals surface area contributed by atoms with Gasteiger partial charge in [-0.25, -0.2) is 0 Å². The van der Waals surface area contributed by atoms with Crippen molar-refractivity contribution in [3.63, 3.8) is 0 Å². The van der Waals surface area contributed by atoms with E-state index < -0.39 is 11.6 Å². The molecule has 0 aliphatic rings. The summed E-state index contributed by atoms with van der Waals surface area (Å²) in [5.74, 6) is -0.226. The predicted octanol–water partition coefficient (Wildman–Crippen LogP) is 2.89. The van der Waals surface area contributed by atoms with E-state index in [0.29, 0.717) is 5.56 Å². The molecule has 1 aromatic rings. The van der Waals surface area contributed by atoms with Crippen LogP contribution in [0.2, 0.25) is 0 Å². The maximum absolute atomic E-state index is 12.0. The van der Waals surface area contributed by atoms with Crippen LogP contribution in [-0.2, 0) is 4.79 Å². The Balaban J connectivity index is 2.79. The summed E-state index contributed by atoms with van der Waals surface area (Å²) >= 11 is -0.196.